The van der Waals surface area contributed by atoms with Crippen molar-refractivity contribution in [3.63, 3.8) is 0 Å². The zero-order valence-corrected chi connectivity index (χ0v) is 34.9. The monoisotopic (exact) mass is 895 g/mol. The first kappa shape index (κ1) is 50.2. The number of amides is 6. The van der Waals surface area contributed by atoms with E-state index in [1.807, 2.05) is 0 Å². The lowest BCUT2D eigenvalue weighted by molar-refractivity contribution is -0.198. The summed E-state index contributed by atoms with van der Waals surface area (Å²) in [7, 11) is 0. The topological polar surface area (TPSA) is 257 Å². The van der Waals surface area contributed by atoms with E-state index in [1.165, 1.54) is 12.2 Å². The molecule has 348 valence electrons. The molecule has 0 unspecified atom stereocenters. The van der Waals surface area contributed by atoms with Crippen molar-refractivity contribution in [3.05, 3.63) is 30.4 Å². The highest BCUT2D eigenvalue weighted by molar-refractivity contribution is 6.28. The van der Waals surface area contributed by atoms with E-state index in [0.717, 1.165) is 4.90 Å². The molecule has 2 saturated heterocycles. The lowest BCUT2D eigenvalue weighted by Gasteiger charge is -2.17. The Morgan fingerprint density at radius 1 is 0.397 bits per heavy atom. The summed E-state index contributed by atoms with van der Waals surface area (Å²) in [6.45, 7) is 4.33. The molecule has 23 heteroatoms. The van der Waals surface area contributed by atoms with E-state index in [1.54, 1.807) is 18.2 Å². The number of ether oxygens (including phenoxy) is 10. The average Bonchev–Trinajstić information content (AvgIpc) is 3.89. The van der Waals surface area contributed by atoms with Gasteiger partial charge in [0.25, 0.3) is 35.4 Å². The Morgan fingerprint density at radius 3 is 1.00 bits per heavy atom. The summed E-state index contributed by atoms with van der Waals surface area (Å²) in [5.74, 6) is -3.91. The number of carbonyl (C=O) groups excluding carboxylic acids is 8. The molecule has 23 nitrogen and oxygen atoms in total. The van der Waals surface area contributed by atoms with Crippen LogP contribution in [-0.2, 0) is 85.9 Å². The number of imide groups is 3. The molecule has 4 rings (SSSR count). The predicted molar refractivity (Wildman–Crippen MR) is 209 cm³/mol. The molecule has 0 atom stereocenters. The van der Waals surface area contributed by atoms with Crippen molar-refractivity contribution in [2.24, 2.45) is 0 Å². The molecule has 0 spiro atoms. The highest BCUT2D eigenvalue weighted by Gasteiger charge is 2.34. The summed E-state index contributed by atoms with van der Waals surface area (Å²) in [5, 5.41) is 0.990. The third kappa shape index (κ3) is 19.3. The van der Waals surface area contributed by atoms with Gasteiger partial charge in [0.15, 0.2) is 0 Å². The Kier molecular flexibility index (Phi) is 23.2. The second-order valence-electron chi connectivity index (χ2n) is 13.2. The van der Waals surface area contributed by atoms with E-state index in [0.29, 0.717) is 74.5 Å². The number of hydroxylamine groups is 4. The van der Waals surface area contributed by atoms with Gasteiger partial charge in [-0.2, -0.15) is 0 Å². The number of carbonyl (C=O) groups is 8. The number of hydrogen-bond acceptors (Lipinski definition) is 20. The second-order valence-corrected chi connectivity index (χ2v) is 13.2. The minimum atomic E-state index is -0.736. The highest BCUT2D eigenvalue weighted by atomic mass is 16.7. The van der Waals surface area contributed by atoms with Gasteiger partial charge in [-0.3, -0.25) is 28.8 Å². The van der Waals surface area contributed by atoms with E-state index >= 15 is 0 Å². The number of nitrogens with zero attached hydrogens (tertiary/aromatic N) is 3. The molecule has 0 saturated carbocycles. The zero-order valence-electron chi connectivity index (χ0n) is 34.9. The van der Waals surface area contributed by atoms with Gasteiger partial charge in [0.2, 0.25) is 0 Å². The maximum atomic E-state index is 12.3. The number of rotatable bonds is 35. The lowest BCUT2D eigenvalue weighted by atomic mass is 10.2. The average molecular weight is 896 g/mol. The molecule has 1 aromatic carbocycles. The molecular formula is C40H53N3O20. The van der Waals surface area contributed by atoms with E-state index in [2.05, 4.69) is 0 Å². The summed E-state index contributed by atoms with van der Waals surface area (Å²) < 4.78 is 55.1. The van der Waals surface area contributed by atoms with Gasteiger partial charge in [0, 0.05) is 56.0 Å². The summed E-state index contributed by atoms with van der Waals surface area (Å²) in [5.41, 5.74) is 0.277. The molecular weight excluding hydrogens is 842 g/mol. The van der Waals surface area contributed by atoms with Gasteiger partial charge in [0.1, 0.15) is 24.7 Å². The molecule has 0 bridgehead atoms. The zero-order chi connectivity index (χ0) is 45.1. The second kappa shape index (κ2) is 29.1. The van der Waals surface area contributed by atoms with Crippen LogP contribution in [0.3, 0.4) is 0 Å². The smallest absolute Gasteiger partial charge is 0.335 e. The van der Waals surface area contributed by atoms with Crippen LogP contribution in [0.25, 0.3) is 0 Å². The van der Waals surface area contributed by atoms with Crippen molar-refractivity contribution in [2.75, 3.05) is 124 Å². The molecule has 1 aromatic rings. The van der Waals surface area contributed by atoms with Gasteiger partial charge in [-0.05, 0) is 0 Å². The predicted octanol–water partition coefficient (Wildman–Crippen LogP) is 0.00100. The largest absolute Gasteiger partial charge is 0.491 e. The van der Waals surface area contributed by atoms with Gasteiger partial charge in [-0.25, -0.2) is 14.5 Å². The summed E-state index contributed by atoms with van der Waals surface area (Å²) in [6, 6.07) is 4.72. The van der Waals surface area contributed by atoms with Gasteiger partial charge in [-0.1, -0.05) is 0 Å². The maximum absolute atomic E-state index is 12.3. The van der Waals surface area contributed by atoms with Gasteiger partial charge < -0.3 is 57.0 Å². The Hall–Kier alpha value is -5.40. The molecule has 2 fully saturated rings. The normalized spacial score (nSPS) is 15.1. The van der Waals surface area contributed by atoms with E-state index in [4.69, 9.17) is 57.0 Å². The lowest BCUT2D eigenvalue weighted by Crippen LogP contribution is -2.32. The highest BCUT2D eigenvalue weighted by Crippen LogP contribution is 2.30. The number of benzene rings is 1. The standard InChI is InChI=1S/C40H53N3O20/c44-33-1-2-34(45)41(33)30-27-31(60-25-23-58-21-19-56-17-15-54-13-11-52-9-7-39(50)62-42-35(46)3-4-36(42)47)29-32(28-30)61-26-24-59-22-20-57-18-16-55-14-12-53-10-8-40(51)63-43-37(48)5-6-38(43)49/h1-2,27-29H,3-26H2. The summed E-state index contributed by atoms with van der Waals surface area (Å²) in [4.78, 5) is 105. The molecule has 0 N–H and O–H groups in total. The molecule has 0 aliphatic carbocycles. The molecule has 63 heavy (non-hydrogen) atoms. The van der Waals surface area contributed by atoms with Crippen LogP contribution in [0.1, 0.15) is 38.5 Å². The van der Waals surface area contributed by atoms with Crippen molar-refractivity contribution in [3.8, 4) is 11.5 Å². The third-order valence-corrected chi connectivity index (χ3v) is 8.46. The summed E-state index contributed by atoms with van der Waals surface area (Å²) >= 11 is 0. The molecule has 3 aliphatic rings. The molecule has 3 heterocycles. The van der Waals surface area contributed by atoms with Crippen molar-refractivity contribution in [2.45, 2.75) is 38.5 Å². The van der Waals surface area contributed by atoms with Crippen LogP contribution in [0.2, 0.25) is 0 Å². The first-order valence-electron chi connectivity index (χ1n) is 20.3. The van der Waals surface area contributed by atoms with Crippen molar-refractivity contribution in [1.29, 1.82) is 0 Å². The first-order valence-corrected chi connectivity index (χ1v) is 20.3. The SMILES string of the molecule is O=C(CCOCCOCCOCCOCCOc1cc(OCCOCCOCCOCCOCCC(=O)ON2C(=O)CCC2=O)cc(N2C(=O)C=CC2=O)c1)ON1C(=O)CCC1=O. The molecule has 0 radical (unpaired) electrons. The summed E-state index contributed by atoms with van der Waals surface area (Å²) in [6.07, 6.45) is 2.24. The van der Waals surface area contributed by atoms with E-state index in [9.17, 15) is 38.4 Å². The Labute approximate surface area is 362 Å². The van der Waals surface area contributed by atoms with Gasteiger partial charge in [-0.15, -0.1) is 10.1 Å². The van der Waals surface area contributed by atoms with Gasteiger partial charge in [0.05, 0.1) is 124 Å². The fraction of sp³-hybridized carbons (Fsp3) is 0.600. The van der Waals surface area contributed by atoms with Crippen molar-refractivity contribution < 1.29 is 95.4 Å². The molecule has 6 amide bonds. The fourth-order valence-electron chi connectivity index (χ4n) is 5.39. The molecule has 0 aromatic heterocycles. The number of hydrogen-bond donors (Lipinski definition) is 0. The molecule has 3 aliphatic heterocycles. The maximum Gasteiger partial charge on any atom is 0.335 e. The minimum Gasteiger partial charge on any atom is -0.491 e. The van der Waals surface area contributed by atoms with Crippen LogP contribution in [0.4, 0.5) is 5.69 Å². The van der Waals surface area contributed by atoms with Crippen LogP contribution >= 0.6 is 0 Å². The third-order valence-electron chi connectivity index (χ3n) is 8.46. The number of anilines is 1. The Balaban J connectivity index is 0.965. The first-order chi connectivity index (χ1) is 30.6. The van der Waals surface area contributed by atoms with Crippen LogP contribution in [-0.4, -0.2) is 176 Å². The Morgan fingerprint density at radius 2 is 0.683 bits per heavy atom. The van der Waals surface area contributed by atoms with Crippen molar-refractivity contribution >= 4 is 53.1 Å². The minimum absolute atomic E-state index is 0.0289. The quantitative estimate of drug-likeness (QED) is 0.0642. The van der Waals surface area contributed by atoms with Crippen LogP contribution in [0, 0.1) is 0 Å². The van der Waals surface area contributed by atoms with Gasteiger partial charge >= 0.3 is 11.9 Å². The van der Waals surface area contributed by atoms with Crippen LogP contribution in [0.15, 0.2) is 30.4 Å². The van der Waals surface area contributed by atoms with Crippen molar-refractivity contribution in [1.82, 2.24) is 10.1 Å². The van der Waals surface area contributed by atoms with Crippen LogP contribution in [0.5, 0.6) is 11.5 Å². The van der Waals surface area contributed by atoms with Crippen LogP contribution < -0.4 is 14.4 Å². The van der Waals surface area contributed by atoms with E-state index < -0.39 is 47.4 Å². The fourth-order valence-corrected chi connectivity index (χ4v) is 5.39. The van der Waals surface area contributed by atoms with E-state index in [-0.39, 0.29) is 110 Å². The Bertz CT molecular complexity index is 1570.